The van der Waals surface area contributed by atoms with Crippen LogP contribution in [0.4, 0.5) is 0 Å². The predicted molar refractivity (Wildman–Crippen MR) is 103 cm³/mol. The summed E-state index contributed by atoms with van der Waals surface area (Å²) in [6.45, 7) is 4.96. The Bertz CT molecular complexity index is 883. The lowest BCUT2D eigenvalue weighted by atomic mass is 10.2. The SMILES string of the molecule is CCCSc1nc2[nH]c(C(=O)OCC)cc2n1Cc1ccc(OC)cc1. The highest BCUT2D eigenvalue weighted by Crippen LogP contribution is 2.27. The zero-order valence-electron chi connectivity index (χ0n) is 15.2. The van der Waals surface area contributed by atoms with Gasteiger partial charge in [0.2, 0.25) is 0 Å². The molecule has 0 fully saturated rings. The highest BCUT2D eigenvalue weighted by Gasteiger charge is 2.18. The van der Waals surface area contributed by atoms with Gasteiger partial charge in [0.1, 0.15) is 11.4 Å². The van der Waals surface area contributed by atoms with E-state index in [9.17, 15) is 4.79 Å². The first kappa shape index (κ1) is 18.4. The van der Waals surface area contributed by atoms with Crippen molar-refractivity contribution in [3.05, 3.63) is 41.6 Å². The maximum atomic E-state index is 12.0. The number of fused-ring (bicyclic) bond motifs is 1. The number of imidazole rings is 1. The molecule has 0 saturated heterocycles. The van der Waals surface area contributed by atoms with Gasteiger partial charge < -0.3 is 19.0 Å². The molecule has 0 saturated carbocycles. The van der Waals surface area contributed by atoms with Crippen LogP contribution in [0.5, 0.6) is 5.75 Å². The van der Waals surface area contributed by atoms with Crippen molar-refractivity contribution in [2.75, 3.05) is 19.5 Å². The summed E-state index contributed by atoms with van der Waals surface area (Å²) in [4.78, 5) is 19.8. The Morgan fingerprint density at radius 1 is 1.27 bits per heavy atom. The zero-order valence-corrected chi connectivity index (χ0v) is 16.1. The number of benzene rings is 1. The van der Waals surface area contributed by atoms with Crippen LogP contribution in [0.25, 0.3) is 11.2 Å². The normalized spacial score (nSPS) is 11.0. The molecule has 1 aromatic carbocycles. The van der Waals surface area contributed by atoms with Gasteiger partial charge in [0.05, 0.1) is 25.8 Å². The average molecular weight is 373 g/mol. The van der Waals surface area contributed by atoms with Crippen molar-refractivity contribution in [2.45, 2.75) is 32.0 Å². The minimum Gasteiger partial charge on any atom is -0.497 e. The first-order valence-electron chi connectivity index (χ1n) is 8.68. The van der Waals surface area contributed by atoms with Gasteiger partial charge in [-0.05, 0) is 37.1 Å². The molecule has 3 aromatic rings. The van der Waals surface area contributed by atoms with E-state index >= 15 is 0 Å². The Labute approximate surface area is 156 Å². The predicted octanol–water partition coefficient (Wildman–Crippen LogP) is 4.10. The molecule has 138 valence electrons. The van der Waals surface area contributed by atoms with E-state index in [2.05, 4.69) is 21.5 Å². The monoisotopic (exact) mass is 373 g/mol. The lowest BCUT2D eigenvalue weighted by Gasteiger charge is -2.09. The molecule has 1 N–H and O–H groups in total. The number of esters is 1. The van der Waals surface area contributed by atoms with Crippen LogP contribution in [0.2, 0.25) is 0 Å². The molecule has 0 atom stereocenters. The highest BCUT2D eigenvalue weighted by molar-refractivity contribution is 7.99. The summed E-state index contributed by atoms with van der Waals surface area (Å²) in [5.74, 6) is 1.47. The molecule has 0 aliphatic rings. The molecule has 0 amide bonds. The molecule has 0 spiro atoms. The third kappa shape index (κ3) is 3.88. The second kappa shape index (κ2) is 8.31. The van der Waals surface area contributed by atoms with Crippen LogP contribution in [0.15, 0.2) is 35.5 Å². The molecule has 0 aliphatic heterocycles. The Balaban J connectivity index is 1.96. The zero-order chi connectivity index (χ0) is 18.5. The Morgan fingerprint density at radius 3 is 2.69 bits per heavy atom. The average Bonchev–Trinajstić information content (AvgIpc) is 3.20. The Hall–Kier alpha value is -2.41. The van der Waals surface area contributed by atoms with Gasteiger partial charge in [-0.25, -0.2) is 9.78 Å². The van der Waals surface area contributed by atoms with Crippen LogP contribution < -0.4 is 4.74 Å². The van der Waals surface area contributed by atoms with Gasteiger partial charge in [-0.3, -0.25) is 0 Å². The number of hydrogen-bond acceptors (Lipinski definition) is 5. The van der Waals surface area contributed by atoms with Crippen LogP contribution >= 0.6 is 11.8 Å². The first-order valence-corrected chi connectivity index (χ1v) is 9.66. The van der Waals surface area contributed by atoms with E-state index in [0.29, 0.717) is 24.5 Å². The number of methoxy groups -OCH3 is 1. The summed E-state index contributed by atoms with van der Waals surface area (Å²) in [5, 5.41) is 0.944. The minimum atomic E-state index is -0.357. The number of rotatable bonds is 8. The summed E-state index contributed by atoms with van der Waals surface area (Å²) in [6, 6.07) is 9.79. The fraction of sp³-hybridized carbons (Fsp3) is 0.368. The Morgan fingerprint density at radius 2 is 2.04 bits per heavy atom. The molecule has 3 rings (SSSR count). The summed E-state index contributed by atoms with van der Waals surface area (Å²) in [6.07, 6.45) is 1.07. The van der Waals surface area contributed by atoms with Gasteiger partial charge in [0.15, 0.2) is 10.8 Å². The van der Waals surface area contributed by atoms with E-state index in [1.54, 1.807) is 25.8 Å². The number of aromatic nitrogens is 3. The van der Waals surface area contributed by atoms with Gasteiger partial charge in [-0.1, -0.05) is 30.8 Å². The number of ether oxygens (including phenoxy) is 2. The van der Waals surface area contributed by atoms with Crippen LogP contribution in [-0.2, 0) is 11.3 Å². The lowest BCUT2D eigenvalue weighted by molar-refractivity contribution is 0.0520. The summed E-state index contributed by atoms with van der Waals surface area (Å²) in [7, 11) is 1.66. The number of nitrogens with zero attached hydrogens (tertiary/aromatic N) is 2. The number of H-pyrrole nitrogens is 1. The van der Waals surface area contributed by atoms with Crippen LogP contribution in [0.3, 0.4) is 0 Å². The molecule has 0 bridgehead atoms. The number of carbonyl (C=O) groups excluding carboxylic acids is 1. The van der Waals surface area contributed by atoms with E-state index in [1.807, 2.05) is 30.3 Å². The van der Waals surface area contributed by atoms with Crippen molar-refractivity contribution >= 4 is 28.9 Å². The third-order valence-electron chi connectivity index (χ3n) is 3.94. The fourth-order valence-corrected chi connectivity index (χ4v) is 3.53. The molecule has 0 unspecified atom stereocenters. The summed E-state index contributed by atoms with van der Waals surface area (Å²) >= 11 is 1.72. The van der Waals surface area contributed by atoms with Crippen molar-refractivity contribution < 1.29 is 14.3 Å². The van der Waals surface area contributed by atoms with E-state index in [0.717, 1.165) is 34.2 Å². The maximum absolute atomic E-state index is 12.0. The van der Waals surface area contributed by atoms with Crippen LogP contribution in [-0.4, -0.2) is 40.0 Å². The largest absolute Gasteiger partial charge is 0.497 e. The first-order chi connectivity index (χ1) is 12.7. The molecule has 2 heterocycles. The third-order valence-corrected chi connectivity index (χ3v) is 5.12. The minimum absolute atomic E-state index is 0.346. The van der Waals surface area contributed by atoms with Gasteiger partial charge in [0, 0.05) is 5.75 Å². The summed E-state index contributed by atoms with van der Waals surface area (Å²) in [5.41, 5.74) is 3.19. The lowest BCUT2D eigenvalue weighted by Crippen LogP contribution is -2.05. The van der Waals surface area contributed by atoms with Crippen LogP contribution in [0.1, 0.15) is 36.3 Å². The van der Waals surface area contributed by atoms with Gasteiger partial charge in [-0.15, -0.1) is 0 Å². The van der Waals surface area contributed by atoms with Crippen LogP contribution in [0, 0.1) is 0 Å². The van der Waals surface area contributed by atoms with E-state index in [-0.39, 0.29) is 5.97 Å². The smallest absolute Gasteiger partial charge is 0.354 e. The second-order valence-corrected chi connectivity index (χ2v) is 6.88. The molecule has 2 aromatic heterocycles. The molecular weight excluding hydrogens is 350 g/mol. The highest BCUT2D eigenvalue weighted by atomic mass is 32.2. The van der Waals surface area contributed by atoms with Gasteiger partial charge >= 0.3 is 5.97 Å². The topological polar surface area (TPSA) is 69.1 Å². The molecule has 6 nitrogen and oxygen atoms in total. The summed E-state index contributed by atoms with van der Waals surface area (Å²) < 4.78 is 12.4. The number of aromatic amines is 1. The molecule has 26 heavy (non-hydrogen) atoms. The van der Waals surface area contributed by atoms with E-state index in [4.69, 9.17) is 9.47 Å². The number of carbonyl (C=O) groups is 1. The molecule has 0 aliphatic carbocycles. The number of hydrogen-bond donors (Lipinski definition) is 1. The van der Waals surface area contributed by atoms with Gasteiger partial charge in [0.25, 0.3) is 0 Å². The van der Waals surface area contributed by atoms with E-state index in [1.165, 1.54) is 0 Å². The second-order valence-electron chi connectivity index (χ2n) is 5.81. The van der Waals surface area contributed by atoms with Crippen molar-refractivity contribution in [3.8, 4) is 5.75 Å². The van der Waals surface area contributed by atoms with Crippen molar-refractivity contribution in [3.63, 3.8) is 0 Å². The maximum Gasteiger partial charge on any atom is 0.354 e. The number of nitrogens with one attached hydrogen (secondary N) is 1. The molecule has 7 heteroatoms. The molecular formula is C19H23N3O3S. The molecule has 0 radical (unpaired) electrons. The quantitative estimate of drug-likeness (QED) is 0.475. The van der Waals surface area contributed by atoms with Gasteiger partial charge in [-0.2, -0.15) is 0 Å². The van der Waals surface area contributed by atoms with Crippen molar-refractivity contribution in [2.24, 2.45) is 0 Å². The van der Waals surface area contributed by atoms with Crippen molar-refractivity contribution in [1.82, 2.24) is 14.5 Å². The van der Waals surface area contributed by atoms with E-state index < -0.39 is 0 Å². The Kier molecular flexibility index (Phi) is 5.88. The fourth-order valence-electron chi connectivity index (χ4n) is 2.67. The standard InChI is InChI=1S/C19H23N3O3S/c1-4-10-26-19-21-17-16(11-15(20-17)18(23)25-5-2)22(19)12-13-6-8-14(24-3)9-7-13/h6-9,11,20H,4-5,10,12H2,1-3H3. The van der Waals surface area contributed by atoms with Crippen molar-refractivity contribution in [1.29, 1.82) is 0 Å². The number of thioether (sulfide) groups is 1.